The molecule has 2 rings (SSSR count). The Morgan fingerprint density at radius 1 is 1.38 bits per heavy atom. The summed E-state index contributed by atoms with van der Waals surface area (Å²) in [6, 6.07) is 5.18. The van der Waals surface area contributed by atoms with Crippen molar-refractivity contribution < 1.29 is 5.11 Å². The smallest absolute Gasteiger partial charge is 0.122 e. The molecule has 3 nitrogen and oxygen atoms in total. The Morgan fingerprint density at radius 3 is 2.75 bits per heavy atom. The maximum atomic E-state index is 10.2. The van der Waals surface area contributed by atoms with E-state index in [-0.39, 0.29) is 0 Å². The van der Waals surface area contributed by atoms with Gasteiger partial charge in [-0.2, -0.15) is 0 Å². The molecule has 0 radical (unpaired) electrons. The van der Waals surface area contributed by atoms with Crippen LogP contribution in [0.5, 0.6) is 0 Å². The molecule has 0 saturated heterocycles. The fraction of sp³-hybridized carbons (Fsp3) is 0.182. The van der Waals surface area contributed by atoms with Gasteiger partial charge in [0, 0.05) is 12.6 Å². The summed E-state index contributed by atoms with van der Waals surface area (Å²) in [7, 11) is 1.81. The maximum Gasteiger partial charge on any atom is 0.122 e. The zero-order valence-corrected chi connectivity index (χ0v) is 10.1. The van der Waals surface area contributed by atoms with Crippen LogP contribution < -0.4 is 0 Å². The molecule has 0 aliphatic rings. The number of aryl methyl sites for hydroxylation is 1. The highest BCUT2D eigenvalue weighted by molar-refractivity contribution is 6.42. The van der Waals surface area contributed by atoms with E-state index in [0.717, 1.165) is 0 Å². The number of aliphatic hydroxyl groups is 1. The largest absolute Gasteiger partial charge is 0.382 e. The van der Waals surface area contributed by atoms with Crippen LogP contribution in [-0.4, -0.2) is 14.7 Å². The molecule has 16 heavy (non-hydrogen) atoms. The number of imidazole rings is 1. The SMILES string of the molecule is Cn1cncc1C(O)c1cccc(Cl)c1Cl. The minimum absolute atomic E-state index is 0.373. The second kappa shape index (κ2) is 4.45. The van der Waals surface area contributed by atoms with E-state index in [1.54, 1.807) is 35.3 Å². The van der Waals surface area contributed by atoms with E-state index >= 15 is 0 Å². The molecule has 1 atom stereocenters. The van der Waals surface area contributed by atoms with Gasteiger partial charge >= 0.3 is 0 Å². The zero-order chi connectivity index (χ0) is 11.7. The Labute approximate surface area is 103 Å². The van der Waals surface area contributed by atoms with Crippen molar-refractivity contribution in [2.24, 2.45) is 7.05 Å². The minimum Gasteiger partial charge on any atom is -0.382 e. The third kappa shape index (κ3) is 1.94. The van der Waals surface area contributed by atoms with E-state index < -0.39 is 6.10 Å². The molecule has 0 aliphatic carbocycles. The Morgan fingerprint density at radius 2 is 2.12 bits per heavy atom. The molecule has 0 saturated carbocycles. The van der Waals surface area contributed by atoms with Crippen molar-refractivity contribution in [1.82, 2.24) is 9.55 Å². The fourth-order valence-corrected chi connectivity index (χ4v) is 1.93. The van der Waals surface area contributed by atoms with Gasteiger partial charge in [0.25, 0.3) is 0 Å². The quantitative estimate of drug-likeness (QED) is 0.898. The van der Waals surface area contributed by atoms with E-state index in [1.807, 2.05) is 7.05 Å². The van der Waals surface area contributed by atoms with E-state index in [2.05, 4.69) is 4.98 Å². The van der Waals surface area contributed by atoms with Crippen molar-refractivity contribution in [2.75, 3.05) is 0 Å². The Kier molecular flexibility index (Phi) is 3.19. The van der Waals surface area contributed by atoms with Crippen molar-refractivity contribution in [2.45, 2.75) is 6.10 Å². The molecule has 0 fully saturated rings. The molecule has 1 unspecified atom stereocenters. The van der Waals surface area contributed by atoms with Crippen LogP contribution in [0.25, 0.3) is 0 Å². The van der Waals surface area contributed by atoms with Crippen LogP contribution in [0.1, 0.15) is 17.4 Å². The summed E-state index contributed by atoms with van der Waals surface area (Å²) in [5.74, 6) is 0. The molecule has 1 aromatic carbocycles. The third-order valence-electron chi connectivity index (χ3n) is 2.41. The number of aliphatic hydroxyl groups excluding tert-OH is 1. The topological polar surface area (TPSA) is 38.0 Å². The monoisotopic (exact) mass is 256 g/mol. The number of nitrogens with zero attached hydrogens (tertiary/aromatic N) is 2. The molecule has 0 spiro atoms. The number of aromatic nitrogens is 2. The van der Waals surface area contributed by atoms with Crippen molar-refractivity contribution in [3.8, 4) is 0 Å². The first-order valence-corrected chi connectivity index (χ1v) is 5.45. The van der Waals surface area contributed by atoms with E-state index in [9.17, 15) is 5.11 Å². The molecule has 1 aromatic heterocycles. The average molecular weight is 257 g/mol. The number of benzene rings is 1. The van der Waals surface area contributed by atoms with Gasteiger partial charge in [-0.3, -0.25) is 0 Å². The van der Waals surface area contributed by atoms with Crippen molar-refractivity contribution in [3.05, 3.63) is 52.0 Å². The number of hydrogen-bond donors (Lipinski definition) is 1. The van der Waals surface area contributed by atoms with Crippen LogP contribution in [0.3, 0.4) is 0 Å². The van der Waals surface area contributed by atoms with Gasteiger partial charge in [0.15, 0.2) is 0 Å². The number of hydrogen-bond acceptors (Lipinski definition) is 2. The normalized spacial score (nSPS) is 12.8. The lowest BCUT2D eigenvalue weighted by molar-refractivity contribution is 0.211. The van der Waals surface area contributed by atoms with Crippen molar-refractivity contribution in [3.63, 3.8) is 0 Å². The van der Waals surface area contributed by atoms with Gasteiger partial charge in [0.1, 0.15) is 6.10 Å². The summed E-state index contributed by atoms with van der Waals surface area (Å²) in [6.45, 7) is 0. The fourth-order valence-electron chi connectivity index (χ4n) is 1.52. The highest BCUT2D eigenvalue weighted by Crippen LogP contribution is 2.32. The van der Waals surface area contributed by atoms with Crippen LogP contribution in [-0.2, 0) is 7.05 Å². The molecular weight excluding hydrogens is 247 g/mol. The Balaban J connectivity index is 2.46. The van der Waals surface area contributed by atoms with Crippen LogP contribution in [0.15, 0.2) is 30.7 Å². The lowest BCUT2D eigenvalue weighted by Crippen LogP contribution is -2.05. The molecule has 0 aliphatic heterocycles. The van der Waals surface area contributed by atoms with E-state index in [0.29, 0.717) is 21.3 Å². The highest BCUT2D eigenvalue weighted by Gasteiger charge is 2.17. The number of rotatable bonds is 2. The Hall–Kier alpha value is -1.03. The predicted octanol–water partition coefficient (Wildman–Crippen LogP) is 2.81. The van der Waals surface area contributed by atoms with Crippen molar-refractivity contribution >= 4 is 23.2 Å². The third-order valence-corrected chi connectivity index (χ3v) is 3.24. The summed E-state index contributed by atoms with van der Waals surface area (Å²) in [6.07, 6.45) is 2.40. The summed E-state index contributed by atoms with van der Waals surface area (Å²) in [5, 5.41) is 11.0. The second-order valence-electron chi connectivity index (χ2n) is 3.47. The van der Waals surface area contributed by atoms with Gasteiger partial charge in [-0.1, -0.05) is 35.3 Å². The van der Waals surface area contributed by atoms with Crippen LogP contribution in [0.2, 0.25) is 10.0 Å². The summed E-state index contributed by atoms with van der Waals surface area (Å²) in [5.41, 5.74) is 1.25. The first kappa shape index (κ1) is 11.5. The van der Waals surface area contributed by atoms with Gasteiger partial charge in [0.2, 0.25) is 0 Å². The van der Waals surface area contributed by atoms with E-state index in [4.69, 9.17) is 23.2 Å². The van der Waals surface area contributed by atoms with Crippen LogP contribution >= 0.6 is 23.2 Å². The van der Waals surface area contributed by atoms with Gasteiger partial charge < -0.3 is 9.67 Å². The van der Waals surface area contributed by atoms with Gasteiger partial charge in [-0.15, -0.1) is 0 Å². The summed E-state index contributed by atoms with van der Waals surface area (Å²) < 4.78 is 1.74. The molecule has 1 N–H and O–H groups in total. The van der Waals surface area contributed by atoms with E-state index in [1.165, 1.54) is 0 Å². The lowest BCUT2D eigenvalue weighted by atomic mass is 10.1. The standard InChI is InChI=1S/C11H10Cl2N2O/c1-15-6-14-5-9(15)11(16)7-3-2-4-8(12)10(7)13/h2-6,11,16H,1H3. The molecule has 1 heterocycles. The van der Waals surface area contributed by atoms with Gasteiger partial charge in [-0.05, 0) is 6.07 Å². The molecule has 84 valence electrons. The van der Waals surface area contributed by atoms with Crippen LogP contribution in [0, 0.1) is 0 Å². The molecule has 0 bridgehead atoms. The second-order valence-corrected chi connectivity index (χ2v) is 4.26. The zero-order valence-electron chi connectivity index (χ0n) is 8.56. The summed E-state index contributed by atoms with van der Waals surface area (Å²) in [4.78, 5) is 3.95. The average Bonchev–Trinajstić information content (AvgIpc) is 2.68. The Bertz CT molecular complexity index is 510. The molecule has 5 heteroatoms. The predicted molar refractivity (Wildman–Crippen MR) is 63.7 cm³/mol. The highest BCUT2D eigenvalue weighted by atomic mass is 35.5. The van der Waals surface area contributed by atoms with Gasteiger partial charge in [-0.25, -0.2) is 4.98 Å². The number of halogens is 2. The van der Waals surface area contributed by atoms with Gasteiger partial charge in [0.05, 0.1) is 28.3 Å². The molecular formula is C11H10Cl2N2O. The summed E-state index contributed by atoms with van der Waals surface area (Å²) >= 11 is 11.9. The first-order valence-electron chi connectivity index (χ1n) is 4.69. The molecule has 0 amide bonds. The minimum atomic E-state index is -0.821. The van der Waals surface area contributed by atoms with Crippen molar-refractivity contribution in [1.29, 1.82) is 0 Å². The first-order chi connectivity index (χ1) is 7.61. The maximum absolute atomic E-state index is 10.2. The van der Waals surface area contributed by atoms with Crippen LogP contribution in [0.4, 0.5) is 0 Å². The lowest BCUT2D eigenvalue weighted by Gasteiger charge is -2.13. The molecule has 2 aromatic rings.